The lowest BCUT2D eigenvalue weighted by molar-refractivity contribution is 0.0529. The number of pyridine rings is 1. The number of anilines is 2. The molecule has 2 aromatic rings. The van der Waals surface area contributed by atoms with Crippen molar-refractivity contribution in [2.75, 3.05) is 62.7 Å². The molecule has 2 aliphatic rings. The lowest BCUT2D eigenvalue weighted by Crippen LogP contribution is -2.52. The molecule has 32 heavy (non-hydrogen) atoms. The molecular formula is C23H32ClIN6O. The maximum absolute atomic E-state index is 6.15. The number of aromatic nitrogens is 1. The van der Waals surface area contributed by atoms with E-state index in [0.717, 1.165) is 68.2 Å². The van der Waals surface area contributed by atoms with Gasteiger partial charge in [-0.15, -0.1) is 24.0 Å². The Bertz CT molecular complexity index is 888. The Morgan fingerprint density at radius 3 is 2.62 bits per heavy atom. The van der Waals surface area contributed by atoms with Crippen molar-refractivity contribution >= 4 is 53.0 Å². The standard InChI is InChI=1S/C23H31ClN6O.HI/c1-18-17-30(12-13-31-18)22-7-6-19(15-26-22)16-27-23(25-2)29-10-8-28(9-11-29)21-5-3-4-20(24)14-21;/h3-7,14-15,18H,8-13,16-17H2,1-2H3,(H,25,27);1H. The summed E-state index contributed by atoms with van der Waals surface area (Å²) in [4.78, 5) is 16.1. The largest absolute Gasteiger partial charge is 0.375 e. The lowest BCUT2D eigenvalue weighted by Gasteiger charge is -2.37. The van der Waals surface area contributed by atoms with Crippen LogP contribution < -0.4 is 15.1 Å². The molecule has 0 aliphatic carbocycles. The summed E-state index contributed by atoms with van der Waals surface area (Å²) in [7, 11) is 1.84. The number of hydrogen-bond acceptors (Lipinski definition) is 5. The highest BCUT2D eigenvalue weighted by Crippen LogP contribution is 2.21. The molecule has 7 nitrogen and oxygen atoms in total. The summed E-state index contributed by atoms with van der Waals surface area (Å²) in [5, 5.41) is 4.27. The highest BCUT2D eigenvalue weighted by atomic mass is 127. The first-order valence-electron chi connectivity index (χ1n) is 10.9. The van der Waals surface area contributed by atoms with E-state index in [4.69, 9.17) is 16.3 Å². The molecule has 0 bridgehead atoms. The average Bonchev–Trinajstić information content (AvgIpc) is 2.80. The van der Waals surface area contributed by atoms with Crippen molar-refractivity contribution in [3.8, 4) is 0 Å². The molecule has 0 spiro atoms. The van der Waals surface area contributed by atoms with Gasteiger partial charge < -0.3 is 24.8 Å². The number of nitrogens with zero attached hydrogens (tertiary/aromatic N) is 5. The molecule has 3 heterocycles. The van der Waals surface area contributed by atoms with Gasteiger partial charge in [-0.05, 0) is 36.8 Å². The zero-order valence-corrected chi connectivity index (χ0v) is 21.8. The van der Waals surface area contributed by atoms with Crippen molar-refractivity contribution in [1.29, 1.82) is 0 Å². The molecule has 2 aliphatic heterocycles. The monoisotopic (exact) mass is 570 g/mol. The van der Waals surface area contributed by atoms with Crippen LogP contribution in [0.15, 0.2) is 47.6 Å². The third-order valence-corrected chi connectivity index (χ3v) is 6.02. The van der Waals surface area contributed by atoms with Gasteiger partial charge in [0.05, 0.1) is 12.7 Å². The van der Waals surface area contributed by atoms with Crippen molar-refractivity contribution in [2.24, 2.45) is 4.99 Å². The number of rotatable bonds is 4. The van der Waals surface area contributed by atoms with Crippen LogP contribution in [-0.4, -0.2) is 74.9 Å². The lowest BCUT2D eigenvalue weighted by atomic mass is 10.2. The van der Waals surface area contributed by atoms with Crippen LogP contribution in [0.3, 0.4) is 0 Å². The number of nitrogens with one attached hydrogen (secondary N) is 1. The van der Waals surface area contributed by atoms with Crippen LogP contribution in [0, 0.1) is 0 Å². The van der Waals surface area contributed by atoms with Gasteiger partial charge in [-0.25, -0.2) is 4.98 Å². The van der Waals surface area contributed by atoms with Crippen LogP contribution in [0.1, 0.15) is 12.5 Å². The number of benzene rings is 1. The summed E-state index contributed by atoms with van der Waals surface area (Å²) >= 11 is 6.15. The molecule has 0 saturated carbocycles. The fourth-order valence-electron chi connectivity index (χ4n) is 4.10. The third kappa shape index (κ3) is 6.39. The minimum Gasteiger partial charge on any atom is -0.375 e. The highest BCUT2D eigenvalue weighted by Gasteiger charge is 2.20. The topological polar surface area (TPSA) is 56.2 Å². The zero-order valence-electron chi connectivity index (χ0n) is 18.7. The number of hydrogen-bond donors (Lipinski definition) is 1. The number of ether oxygens (including phenoxy) is 1. The van der Waals surface area contributed by atoms with E-state index in [-0.39, 0.29) is 30.1 Å². The van der Waals surface area contributed by atoms with Crippen molar-refractivity contribution < 1.29 is 4.74 Å². The summed E-state index contributed by atoms with van der Waals surface area (Å²) in [6, 6.07) is 12.3. The first-order chi connectivity index (χ1) is 15.1. The molecule has 0 amide bonds. The van der Waals surface area contributed by atoms with Crippen molar-refractivity contribution in [1.82, 2.24) is 15.2 Å². The second kappa shape index (κ2) is 11.9. The average molecular weight is 571 g/mol. The van der Waals surface area contributed by atoms with Gasteiger partial charge in [0, 0.05) is 69.8 Å². The molecule has 1 aromatic heterocycles. The van der Waals surface area contributed by atoms with Crippen molar-refractivity contribution in [2.45, 2.75) is 19.6 Å². The first kappa shape index (κ1) is 24.9. The van der Waals surface area contributed by atoms with Crippen LogP contribution in [0.25, 0.3) is 0 Å². The molecular weight excluding hydrogens is 539 g/mol. The smallest absolute Gasteiger partial charge is 0.194 e. The van der Waals surface area contributed by atoms with E-state index < -0.39 is 0 Å². The SMILES string of the molecule is CN=C(NCc1ccc(N2CCOC(C)C2)nc1)N1CCN(c2cccc(Cl)c2)CC1.I. The number of piperazine rings is 1. The molecule has 1 unspecified atom stereocenters. The van der Waals surface area contributed by atoms with E-state index in [0.29, 0.717) is 6.54 Å². The summed E-state index contributed by atoms with van der Waals surface area (Å²) in [6.45, 7) is 9.05. The Balaban J connectivity index is 0.00000289. The fraction of sp³-hybridized carbons (Fsp3) is 0.478. The van der Waals surface area contributed by atoms with Gasteiger partial charge in [-0.1, -0.05) is 23.7 Å². The van der Waals surface area contributed by atoms with Gasteiger partial charge >= 0.3 is 0 Å². The molecule has 2 saturated heterocycles. The van der Waals surface area contributed by atoms with E-state index in [1.165, 1.54) is 5.69 Å². The van der Waals surface area contributed by atoms with Crippen LogP contribution in [0.4, 0.5) is 11.5 Å². The molecule has 1 atom stereocenters. The number of halogens is 2. The quantitative estimate of drug-likeness (QED) is 0.345. The Labute approximate surface area is 212 Å². The van der Waals surface area contributed by atoms with E-state index in [9.17, 15) is 0 Å². The van der Waals surface area contributed by atoms with Crippen molar-refractivity contribution in [3.05, 3.63) is 53.2 Å². The Hall–Kier alpha value is -1.78. The van der Waals surface area contributed by atoms with E-state index >= 15 is 0 Å². The van der Waals surface area contributed by atoms with Crippen LogP contribution in [0.5, 0.6) is 0 Å². The normalized spacial score (nSPS) is 19.5. The number of morpholine rings is 1. The van der Waals surface area contributed by atoms with Gasteiger partial charge in [-0.2, -0.15) is 0 Å². The third-order valence-electron chi connectivity index (χ3n) is 5.79. The fourth-order valence-corrected chi connectivity index (χ4v) is 4.28. The molecule has 174 valence electrons. The molecule has 2 fully saturated rings. The Morgan fingerprint density at radius 2 is 1.97 bits per heavy atom. The minimum absolute atomic E-state index is 0. The molecule has 1 N–H and O–H groups in total. The highest BCUT2D eigenvalue weighted by molar-refractivity contribution is 14.0. The van der Waals surface area contributed by atoms with Gasteiger partial charge in [0.1, 0.15) is 5.82 Å². The maximum atomic E-state index is 6.15. The predicted octanol–water partition coefficient (Wildman–Crippen LogP) is 3.48. The maximum Gasteiger partial charge on any atom is 0.194 e. The van der Waals surface area contributed by atoms with Gasteiger partial charge in [-0.3, -0.25) is 4.99 Å². The van der Waals surface area contributed by atoms with Crippen LogP contribution in [0.2, 0.25) is 5.02 Å². The van der Waals surface area contributed by atoms with E-state index in [1.54, 1.807) is 0 Å². The Morgan fingerprint density at radius 1 is 1.16 bits per heavy atom. The minimum atomic E-state index is 0. The van der Waals surface area contributed by atoms with Gasteiger partial charge in [0.15, 0.2) is 5.96 Å². The number of aliphatic imine (C=N–C) groups is 1. The molecule has 9 heteroatoms. The summed E-state index contributed by atoms with van der Waals surface area (Å²) in [6.07, 6.45) is 2.20. The van der Waals surface area contributed by atoms with Gasteiger partial charge in [0.2, 0.25) is 0 Å². The van der Waals surface area contributed by atoms with E-state index in [2.05, 4.69) is 55.1 Å². The molecule has 4 rings (SSSR count). The second-order valence-corrected chi connectivity index (χ2v) is 8.44. The zero-order chi connectivity index (χ0) is 21.6. The van der Waals surface area contributed by atoms with Crippen LogP contribution in [-0.2, 0) is 11.3 Å². The summed E-state index contributed by atoms with van der Waals surface area (Å²) < 4.78 is 5.62. The summed E-state index contributed by atoms with van der Waals surface area (Å²) in [5.41, 5.74) is 2.32. The number of guanidine groups is 1. The Kier molecular flexibility index (Phi) is 9.24. The van der Waals surface area contributed by atoms with Crippen molar-refractivity contribution in [3.63, 3.8) is 0 Å². The summed E-state index contributed by atoms with van der Waals surface area (Å²) in [5.74, 6) is 1.94. The van der Waals surface area contributed by atoms with E-state index in [1.807, 2.05) is 31.4 Å². The van der Waals surface area contributed by atoms with Gasteiger partial charge in [0.25, 0.3) is 0 Å². The first-order valence-corrected chi connectivity index (χ1v) is 11.3. The van der Waals surface area contributed by atoms with Crippen LogP contribution >= 0.6 is 35.6 Å². The molecule has 0 radical (unpaired) electrons. The predicted molar refractivity (Wildman–Crippen MR) is 143 cm³/mol. The second-order valence-electron chi connectivity index (χ2n) is 8.01. The molecule has 1 aromatic carbocycles.